The predicted octanol–water partition coefficient (Wildman–Crippen LogP) is 3.28. The molecule has 0 fully saturated rings. The van der Waals surface area contributed by atoms with Crippen LogP contribution in [0.1, 0.15) is 11.1 Å². The van der Waals surface area contributed by atoms with Gasteiger partial charge in [0.1, 0.15) is 0 Å². The van der Waals surface area contributed by atoms with Crippen molar-refractivity contribution in [2.45, 2.75) is 6.18 Å². The first kappa shape index (κ1) is 11.0. The van der Waals surface area contributed by atoms with E-state index in [0.29, 0.717) is 0 Å². The number of hydrogen-bond donors (Lipinski definition) is 1. The van der Waals surface area contributed by atoms with Gasteiger partial charge < -0.3 is 5.21 Å². The van der Waals surface area contributed by atoms with Gasteiger partial charge in [0, 0.05) is 4.47 Å². The van der Waals surface area contributed by atoms with Crippen LogP contribution < -0.4 is 0 Å². The van der Waals surface area contributed by atoms with Crippen molar-refractivity contribution in [3.63, 3.8) is 0 Å². The molecule has 0 aromatic heterocycles. The molecule has 0 aliphatic carbocycles. The molecule has 1 aromatic rings. The van der Waals surface area contributed by atoms with E-state index in [9.17, 15) is 13.2 Å². The zero-order chi connectivity index (χ0) is 10.8. The second-order valence-electron chi connectivity index (χ2n) is 2.52. The van der Waals surface area contributed by atoms with Crippen LogP contribution in [0, 0.1) is 0 Å². The molecular formula is C8H5BrF3NO. The molecule has 76 valence electrons. The van der Waals surface area contributed by atoms with Gasteiger partial charge in [0.25, 0.3) is 0 Å². The van der Waals surface area contributed by atoms with Crippen LogP contribution in [0.2, 0.25) is 0 Å². The molecule has 1 rings (SSSR count). The van der Waals surface area contributed by atoms with Gasteiger partial charge in [-0.05, 0) is 23.8 Å². The second-order valence-corrected chi connectivity index (χ2v) is 3.43. The van der Waals surface area contributed by atoms with E-state index in [1.807, 2.05) is 0 Å². The van der Waals surface area contributed by atoms with Crippen LogP contribution in [0.4, 0.5) is 13.2 Å². The van der Waals surface area contributed by atoms with E-state index in [1.54, 1.807) is 0 Å². The van der Waals surface area contributed by atoms with Gasteiger partial charge >= 0.3 is 6.18 Å². The fraction of sp³-hybridized carbons (Fsp3) is 0.125. The van der Waals surface area contributed by atoms with Gasteiger partial charge in [-0.3, -0.25) is 0 Å². The minimum Gasteiger partial charge on any atom is -0.411 e. The normalized spacial score (nSPS) is 12.3. The van der Waals surface area contributed by atoms with Crippen molar-refractivity contribution in [3.8, 4) is 0 Å². The van der Waals surface area contributed by atoms with Gasteiger partial charge in [0.15, 0.2) is 0 Å². The molecule has 0 bridgehead atoms. The average Bonchev–Trinajstić information content (AvgIpc) is 2.02. The fourth-order valence-corrected chi connectivity index (χ4v) is 1.43. The number of alkyl halides is 3. The van der Waals surface area contributed by atoms with Crippen molar-refractivity contribution in [2.24, 2.45) is 5.16 Å². The molecule has 0 heterocycles. The summed E-state index contributed by atoms with van der Waals surface area (Å²) in [5.41, 5.74) is -0.615. The Kier molecular flexibility index (Phi) is 3.15. The van der Waals surface area contributed by atoms with Crippen LogP contribution in [0.25, 0.3) is 0 Å². The van der Waals surface area contributed by atoms with Crippen molar-refractivity contribution < 1.29 is 18.4 Å². The molecule has 0 atom stereocenters. The average molecular weight is 268 g/mol. The number of benzene rings is 1. The van der Waals surface area contributed by atoms with Crippen LogP contribution in [-0.4, -0.2) is 11.4 Å². The molecule has 0 radical (unpaired) electrons. The van der Waals surface area contributed by atoms with E-state index in [1.165, 1.54) is 6.07 Å². The van der Waals surface area contributed by atoms with Gasteiger partial charge in [-0.1, -0.05) is 21.1 Å². The summed E-state index contributed by atoms with van der Waals surface area (Å²) in [4.78, 5) is 0. The Balaban J connectivity index is 3.20. The zero-order valence-corrected chi connectivity index (χ0v) is 8.30. The molecule has 0 amide bonds. The molecule has 0 spiro atoms. The van der Waals surface area contributed by atoms with Crippen molar-refractivity contribution in [1.29, 1.82) is 0 Å². The first-order valence-electron chi connectivity index (χ1n) is 3.48. The van der Waals surface area contributed by atoms with Crippen LogP contribution >= 0.6 is 15.9 Å². The monoisotopic (exact) mass is 267 g/mol. The standard InChI is InChI=1S/C8H5BrF3NO/c9-7-2-5(4-13-14)1-6(3-7)8(10,11)12/h1-4,14H/b13-4+. The highest BCUT2D eigenvalue weighted by atomic mass is 79.9. The summed E-state index contributed by atoms with van der Waals surface area (Å²) in [5.74, 6) is 0. The first-order valence-corrected chi connectivity index (χ1v) is 4.28. The maximum atomic E-state index is 12.3. The summed E-state index contributed by atoms with van der Waals surface area (Å²) < 4.78 is 37.1. The molecule has 6 heteroatoms. The summed E-state index contributed by atoms with van der Waals surface area (Å²) in [6, 6.07) is 3.26. The molecule has 0 aliphatic rings. The van der Waals surface area contributed by atoms with Gasteiger partial charge in [0.2, 0.25) is 0 Å². The molecule has 14 heavy (non-hydrogen) atoms. The minimum absolute atomic E-state index is 0.175. The molecule has 0 aliphatic heterocycles. The summed E-state index contributed by atoms with van der Waals surface area (Å²) >= 11 is 2.93. The Morgan fingerprint density at radius 1 is 1.29 bits per heavy atom. The lowest BCUT2D eigenvalue weighted by Gasteiger charge is -2.07. The molecule has 0 saturated heterocycles. The van der Waals surface area contributed by atoms with Crippen LogP contribution in [0.5, 0.6) is 0 Å². The molecule has 2 nitrogen and oxygen atoms in total. The van der Waals surface area contributed by atoms with Gasteiger partial charge in [-0.2, -0.15) is 13.2 Å². The third-order valence-corrected chi connectivity index (χ3v) is 1.91. The number of halogens is 4. The lowest BCUT2D eigenvalue weighted by Crippen LogP contribution is -2.05. The SMILES string of the molecule is O/N=C/c1cc(Br)cc(C(F)(F)F)c1. The van der Waals surface area contributed by atoms with Gasteiger partial charge in [-0.15, -0.1) is 0 Å². The van der Waals surface area contributed by atoms with Gasteiger partial charge in [0.05, 0.1) is 11.8 Å². The van der Waals surface area contributed by atoms with Crippen LogP contribution in [-0.2, 0) is 6.18 Å². The van der Waals surface area contributed by atoms with E-state index in [4.69, 9.17) is 5.21 Å². The quantitative estimate of drug-likeness (QED) is 0.473. The summed E-state index contributed by atoms with van der Waals surface area (Å²) in [6.07, 6.45) is -3.47. The third kappa shape index (κ3) is 2.73. The van der Waals surface area contributed by atoms with Crippen molar-refractivity contribution in [1.82, 2.24) is 0 Å². The van der Waals surface area contributed by atoms with E-state index in [2.05, 4.69) is 21.1 Å². The minimum atomic E-state index is -4.40. The number of oxime groups is 1. The number of nitrogens with zero attached hydrogens (tertiary/aromatic N) is 1. The zero-order valence-electron chi connectivity index (χ0n) is 6.72. The Bertz CT molecular complexity index is 362. The van der Waals surface area contributed by atoms with Crippen LogP contribution in [0.3, 0.4) is 0 Å². The molecular weight excluding hydrogens is 263 g/mol. The Hall–Kier alpha value is -1.04. The highest BCUT2D eigenvalue weighted by Crippen LogP contribution is 2.31. The number of hydrogen-bond acceptors (Lipinski definition) is 2. The summed E-state index contributed by atoms with van der Waals surface area (Å²) in [6.45, 7) is 0. The van der Waals surface area contributed by atoms with Crippen molar-refractivity contribution in [2.75, 3.05) is 0 Å². The second kappa shape index (κ2) is 4.00. The molecule has 1 aromatic carbocycles. The molecule has 0 unspecified atom stereocenters. The maximum Gasteiger partial charge on any atom is 0.416 e. The summed E-state index contributed by atoms with van der Waals surface area (Å²) in [7, 11) is 0. The maximum absolute atomic E-state index is 12.3. The fourth-order valence-electron chi connectivity index (χ4n) is 0.917. The topological polar surface area (TPSA) is 32.6 Å². The Morgan fingerprint density at radius 3 is 2.43 bits per heavy atom. The van der Waals surface area contributed by atoms with Gasteiger partial charge in [-0.25, -0.2) is 0 Å². The lowest BCUT2D eigenvalue weighted by atomic mass is 10.1. The highest BCUT2D eigenvalue weighted by Gasteiger charge is 2.30. The van der Waals surface area contributed by atoms with E-state index in [0.717, 1.165) is 18.3 Å². The Labute approximate surface area is 86.2 Å². The number of rotatable bonds is 1. The largest absolute Gasteiger partial charge is 0.416 e. The third-order valence-electron chi connectivity index (χ3n) is 1.45. The van der Waals surface area contributed by atoms with E-state index >= 15 is 0 Å². The smallest absolute Gasteiger partial charge is 0.411 e. The predicted molar refractivity (Wildman–Crippen MR) is 48.5 cm³/mol. The van der Waals surface area contributed by atoms with Crippen molar-refractivity contribution >= 4 is 22.1 Å². The Morgan fingerprint density at radius 2 is 1.93 bits per heavy atom. The molecule has 0 saturated carbocycles. The highest BCUT2D eigenvalue weighted by molar-refractivity contribution is 9.10. The van der Waals surface area contributed by atoms with Crippen molar-refractivity contribution in [3.05, 3.63) is 33.8 Å². The van der Waals surface area contributed by atoms with Crippen LogP contribution in [0.15, 0.2) is 27.8 Å². The van der Waals surface area contributed by atoms with E-state index in [-0.39, 0.29) is 10.0 Å². The molecule has 1 N–H and O–H groups in total. The lowest BCUT2D eigenvalue weighted by molar-refractivity contribution is -0.137. The van der Waals surface area contributed by atoms with E-state index < -0.39 is 11.7 Å². The first-order chi connectivity index (χ1) is 6.43. The summed E-state index contributed by atoms with van der Waals surface area (Å²) in [5, 5.41) is 10.8.